The van der Waals surface area contributed by atoms with Crippen LogP contribution in [0.2, 0.25) is 0 Å². The monoisotopic (exact) mass is 553 g/mol. The van der Waals surface area contributed by atoms with Crippen molar-refractivity contribution in [2.24, 2.45) is 11.5 Å². The molecule has 39 heavy (non-hydrogen) atoms. The number of hydrogen-bond acceptors (Lipinski definition) is 9. The van der Waals surface area contributed by atoms with Gasteiger partial charge in [0.05, 0.1) is 12.5 Å². The Kier molecular flexibility index (Phi) is 13.9. The minimum Gasteiger partial charge on any atom is -0.508 e. The topological polar surface area (TPSA) is 271 Å². The summed E-state index contributed by atoms with van der Waals surface area (Å²) in [6.45, 7) is 0.285. The summed E-state index contributed by atoms with van der Waals surface area (Å²) in [6.07, 6.45) is -0.696. The summed E-state index contributed by atoms with van der Waals surface area (Å²) in [4.78, 5) is 71.9. The fourth-order valence-corrected chi connectivity index (χ4v) is 3.45. The normalized spacial score (nSPS) is 13.8. The smallest absolute Gasteiger partial charge is 0.326 e. The average Bonchev–Trinajstić information content (AvgIpc) is 2.86. The van der Waals surface area contributed by atoms with Crippen LogP contribution in [-0.4, -0.2) is 86.8 Å². The second-order valence-corrected chi connectivity index (χ2v) is 8.81. The first-order valence-electron chi connectivity index (χ1n) is 12.1. The molecule has 15 nitrogen and oxygen atoms in total. The molecule has 216 valence electrons. The molecule has 0 aliphatic rings. The van der Waals surface area contributed by atoms with E-state index in [4.69, 9.17) is 21.7 Å². The molecule has 4 atom stereocenters. The van der Waals surface area contributed by atoms with Crippen molar-refractivity contribution in [1.29, 1.82) is 0 Å². The standard InChI is InChI=1S/C24H35N5O10/c25-10-2-1-3-16(22(36)29-18(24(38)39)12-20(33)34)27-23(37)17(11-13-4-6-14(30)7-5-13)28-21(35)15(26)8-9-19(31)32/h4-7,15-18,30H,1-3,8-12,25-26H2,(H,27,37)(H,28,35)(H,29,36)(H,31,32)(H,33,34)(H,38,39). The number of phenolic OH excluding ortho intramolecular Hbond substituents is 1. The molecule has 0 bridgehead atoms. The number of nitrogens with two attached hydrogens (primary N) is 2. The quantitative estimate of drug-likeness (QED) is 0.0917. The zero-order valence-corrected chi connectivity index (χ0v) is 21.2. The highest BCUT2D eigenvalue weighted by molar-refractivity contribution is 5.94. The van der Waals surface area contributed by atoms with E-state index in [1.54, 1.807) is 0 Å². The minimum absolute atomic E-state index is 0.0339. The summed E-state index contributed by atoms with van der Waals surface area (Å²) >= 11 is 0. The van der Waals surface area contributed by atoms with Gasteiger partial charge in [0.25, 0.3) is 0 Å². The van der Waals surface area contributed by atoms with Crippen molar-refractivity contribution in [3.05, 3.63) is 29.8 Å². The molecule has 0 saturated carbocycles. The third-order valence-corrected chi connectivity index (χ3v) is 5.59. The van der Waals surface area contributed by atoms with Gasteiger partial charge in [0.1, 0.15) is 23.9 Å². The van der Waals surface area contributed by atoms with Gasteiger partial charge in [0, 0.05) is 12.8 Å². The molecule has 4 unspecified atom stereocenters. The molecule has 15 heteroatoms. The second kappa shape index (κ2) is 16.6. The van der Waals surface area contributed by atoms with Gasteiger partial charge in [-0.2, -0.15) is 0 Å². The Labute approximate surface area is 223 Å². The number of carbonyl (C=O) groups is 6. The van der Waals surface area contributed by atoms with E-state index in [0.29, 0.717) is 18.4 Å². The van der Waals surface area contributed by atoms with E-state index in [0.717, 1.165) is 0 Å². The molecule has 0 fully saturated rings. The molecule has 0 aliphatic carbocycles. The first-order valence-corrected chi connectivity index (χ1v) is 12.1. The number of carboxylic acid groups (broad SMARTS) is 3. The molecule has 0 radical (unpaired) electrons. The largest absolute Gasteiger partial charge is 0.508 e. The maximum absolute atomic E-state index is 13.3. The number of amides is 3. The number of aromatic hydroxyl groups is 1. The molecule has 0 aromatic heterocycles. The summed E-state index contributed by atoms with van der Waals surface area (Å²) in [6, 6.07) is 0.152. The lowest BCUT2D eigenvalue weighted by atomic mass is 10.0. The number of hydrogen-bond donors (Lipinski definition) is 9. The molecule has 0 aliphatic heterocycles. The van der Waals surface area contributed by atoms with E-state index >= 15 is 0 Å². The third-order valence-electron chi connectivity index (χ3n) is 5.59. The second-order valence-electron chi connectivity index (χ2n) is 8.81. The molecule has 0 heterocycles. The molecule has 1 aromatic rings. The van der Waals surface area contributed by atoms with Gasteiger partial charge in [-0.15, -0.1) is 0 Å². The lowest BCUT2D eigenvalue weighted by Crippen LogP contribution is -2.57. The number of carbonyl (C=O) groups excluding carboxylic acids is 3. The number of phenols is 1. The van der Waals surface area contributed by atoms with Gasteiger partial charge in [-0.3, -0.25) is 24.0 Å². The van der Waals surface area contributed by atoms with Gasteiger partial charge >= 0.3 is 17.9 Å². The van der Waals surface area contributed by atoms with Crippen LogP contribution in [0.1, 0.15) is 44.1 Å². The van der Waals surface area contributed by atoms with E-state index in [1.807, 2.05) is 0 Å². The van der Waals surface area contributed by atoms with Gasteiger partial charge < -0.3 is 47.8 Å². The van der Waals surface area contributed by atoms with Crippen LogP contribution < -0.4 is 27.4 Å². The van der Waals surface area contributed by atoms with E-state index in [2.05, 4.69) is 16.0 Å². The fourth-order valence-electron chi connectivity index (χ4n) is 3.45. The van der Waals surface area contributed by atoms with Crippen molar-refractivity contribution in [2.75, 3.05) is 6.54 Å². The Balaban J connectivity index is 3.14. The fraction of sp³-hybridized carbons (Fsp3) is 0.500. The molecular formula is C24H35N5O10. The van der Waals surface area contributed by atoms with Gasteiger partial charge in [-0.05, 0) is 49.9 Å². The molecule has 0 saturated heterocycles. The Bertz CT molecular complexity index is 1020. The zero-order valence-electron chi connectivity index (χ0n) is 21.2. The molecule has 3 amide bonds. The van der Waals surface area contributed by atoms with E-state index in [9.17, 15) is 39.0 Å². The predicted molar refractivity (Wildman–Crippen MR) is 135 cm³/mol. The molecule has 1 rings (SSSR count). The Morgan fingerprint density at radius 3 is 1.85 bits per heavy atom. The summed E-state index contributed by atoms with van der Waals surface area (Å²) < 4.78 is 0. The lowest BCUT2D eigenvalue weighted by molar-refractivity contribution is -0.147. The minimum atomic E-state index is -1.75. The summed E-state index contributed by atoms with van der Waals surface area (Å²) in [7, 11) is 0. The number of benzene rings is 1. The van der Waals surface area contributed by atoms with E-state index in [-0.39, 0.29) is 38.0 Å². The molecular weight excluding hydrogens is 518 g/mol. The van der Waals surface area contributed by atoms with Gasteiger partial charge in [-0.1, -0.05) is 12.1 Å². The van der Waals surface area contributed by atoms with Crippen LogP contribution in [0.5, 0.6) is 5.75 Å². The van der Waals surface area contributed by atoms with Crippen LogP contribution in [-0.2, 0) is 35.2 Å². The van der Waals surface area contributed by atoms with E-state index in [1.165, 1.54) is 24.3 Å². The summed E-state index contributed by atoms with van der Waals surface area (Å²) in [5.41, 5.74) is 11.8. The van der Waals surface area contributed by atoms with Crippen LogP contribution in [0.3, 0.4) is 0 Å². The van der Waals surface area contributed by atoms with Crippen LogP contribution in [0.15, 0.2) is 24.3 Å². The highest BCUT2D eigenvalue weighted by Gasteiger charge is 2.31. The maximum Gasteiger partial charge on any atom is 0.326 e. The Morgan fingerprint density at radius 1 is 0.744 bits per heavy atom. The maximum atomic E-state index is 13.3. The molecule has 0 spiro atoms. The van der Waals surface area contributed by atoms with Crippen molar-refractivity contribution >= 4 is 35.6 Å². The van der Waals surface area contributed by atoms with E-state index < -0.39 is 66.2 Å². The third kappa shape index (κ3) is 12.7. The number of aliphatic carboxylic acids is 3. The number of rotatable bonds is 18. The average molecular weight is 554 g/mol. The molecule has 11 N–H and O–H groups in total. The van der Waals surface area contributed by atoms with Crippen molar-refractivity contribution in [1.82, 2.24) is 16.0 Å². The van der Waals surface area contributed by atoms with Crippen molar-refractivity contribution in [2.45, 2.75) is 69.1 Å². The summed E-state index contributed by atoms with van der Waals surface area (Å²) in [5.74, 6) is -6.82. The van der Waals surface area contributed by atoms with Crippen LogP contribution >= 0.6 is 0 Å². The summed E-state index contributed by atoms with van der Waals surface area (Å²) in [5, 5.41) is 43.6. The molecule has 1 aromatic carbocycles. The SMILES string of the molecule is NCCCCC(NC(=O)C(Cc1ccc(O)cc1)NC(=O)C(N)CCC(=O)O)C(=O)NC(CC(=O)O)C(=O)O. The van der Waals surface area contributed by atoms with Gasteiger partial charge in [-0.25, -0.2) is 4.79 Å². The van der Waals surface area contributed by atoms with Gasteiger partial charge in [0.2, 0.25) is 17.7 Å². The van der Waals surface area contributed by atoms with Crippen LogP contribution in [0, 0.1) is 0 Å². The van der Waals surface area contributed by atoms with Crippen LogP contribution in [0.25, 0.3) is 0 Å². The van der Waals surface area contributed by atoms with Crippen LogP contribution in [0.4, 0.5) is 0 Å². The Morgan fingerprint density at radius 2 is 1.31 bits per heavy atom. The van der Waals surface area contributed by atoms with Crippen molar-refractivity contribution in [3.63, 3.8) is 0 Å². The Hall–Kier alpha value is -4.24. The zero-order chi connectivity index (χ0) is 29.5. The number of unbranched alkanes of at least 4 members (excludes halogenated alkanes) is 1. The predicted octanol–water partition coefficient (Wildman–Crippen LogP) is -1.73. The lowest BCUT2D eigenvalue weighted by Gasteiger charge is -2.25. The van der Waals surface area contributed by atoms with Gasteiger partial charge in [0.15, 0.2) is 0 Å². The van der Waals surface area contributed by atoms with Crippen molar-refractivity contribution in [3.8, 4) is 5.75 Å². The number of nitrogens with one attached hydrogen (secondary N) is 3. The highest BCUT2D eigenvalue weighted by atomic mass is 16.4. The first-order chi connectivity index (χ1) is 18.3. The highest BCUT2D eigenvalue weighted by Crippen LogP contribution is 2.12. The first kappa shape index (κ1) is 32.8. The van der Waals surface area contributed by atoms with Crippen molar-refractivity contribution < 1.29 is 49.2 Å². The number of carboxylic acids is 3.